The smallest absolute Gasteiger partial charge is 0.303 e. The lowest BCUT2D eigenvalue weighted by atomic mass is 9.96. The number of carboxylic acids is 1. The van der Waals surface area contributed by atoms with Gasteiger partial charge in [0.1, 0.15) is 0 Å². The molecule has 32 heavy (non-hydrogen) atoms. The average molecular weight is 441 g/mol. The van der Waals surface area contributed by atoms with Gasteiger partial charge in [0.25, 0.3) is 0 Å². The molecule has 3 rings (SSSR count). The standard InChI is InChI=1S/C25H25F2NO4/c1-3-10-32-15-17-11-20(18-7-4-16(5-8-18)6-9-23(29)30)24(28-14-17)19-12-21(26)25(31-2)22(27)13-19/h4-5,7-8,11-14H,3,6,9-10,15H2,1-2H3,(H,29,30). The van der Waals surface area contributed by atoms with Gasteiger partial charge in [0.05, 0.1) is 19.4 Å². The van der Waals surface area contributed by atoms with E-state index >= 15 is 0 Å². The highest BCUT2D eigenvalue weighted by Crippen LogP contribution is 2.35. The molecular formula is C25H25F2NO4. The molecule has 0 spiro atoms. The summed E-state index contributed by atoms with van der Waals surface area (Å²) in [5, 5.41) is 8.88. The van der Waals surface area contributed by atoms with Crippen molar-refractivity contribution in [2.45, 2.75) is 32.8 Å². The molecule has 0 aliphatic carbocycles. The molecule has 168 valence electrons. The molecule has 3 aromatic rings. The van der Waals surface area contributed by atoms with E-state index in [-0.39, 0.29) is 12.0 Å². The number of hydrogen-bond donors (Lipinski definition) is 1. The number of aliphatic carboxylic acids is 1. The third kappa shape index (κ3) is 5.68. The van der Waals surface area contributed by atoms with Gasteiger partial charge in [-0.1, -0.05) is 31.2 Å². The molecule has 0 bridgehead atoms. The van der Waals surface area contributed by atoms with Crippen LogP contribution in [0.15, 0.2) is 48.7 Å². The lowest BCUT2D eigenvalue weighted by molar-refractivity contribution is -0.136. The van der Waals surface area contributed by atoms with Gasteiger partial charge in [0.15, 0.2) is 17.4 Å². The number of halogens is 2. The summed E-state index contributed by atoms with van der Waals surface area (Å²) in [7, 11) is 1.21. The van der Waals surface area contributed by atoms with Crippen molar-refractivity contribution in [2.24, 2.45) is 0 Å². The largest absolute Gasteiger partial charge is 0.491 e. The zero-order chi connectivity index (χ0) is 23.1. The van der Waals surface area contributed by atoms with Crippen molar-refractivity contribution in [2.75, 3.05) is 13.7 Å². The predicted molar refractivity (Wildman–Crippen MR) is 117 cm³/mol. The summed E-state index contributed by atoms with van der Waals surface area (Å²) in [6.45, 7) is 3.01. The number of methoxy groups -OCH3 is 1. The monoisotopic (exact) mass is 441 g/mol. The van der Waals surface area contributed by atoms with Gasteiger partial charge < -0.3 is 14.6 Å². The quantitative estimate of drug-likeness (QED) is 0.412. The molecule has 1 aromatic heterocycles. The fraction of sp³-hybridized carbons (Fsp3) is 0.280. The Hall–Kier alpha value is -3.32. The van der Waals surface area contributed by atoms with Crippen molar-refractivity contribution in [3.05, 3.63) is 71.4 Å². The zero-order valence-corrected chi connectivity index (χ0v) is 18.0. The number of ether oxygens (including phenoxy) is 2. The van der Waals surface area contributed by atoms with Gasteiger partial charge in [-0.2, -0.15) is 0 Å². The van der Waals surface area contributed by atoms with Crippen LogP contribution in [0.4, 0.5) is 8.78 Å². The molecule has 0 radical (unpaired) electrons. The van der Waals surface area contributed by atoms with E-state index in [4.69, 9.17) is 14.6 Å². The Balaban J connectivity index is 2.03. The van der Waals surface area contributed by atoms with Crippen LogP contribution in [0.25, 0.3) is 22.4 Å². The number of aromatic nitrogens is 1. The lowest BCUT2D eigenvalue weighted by Crippen LogP contribution is -2.00. The van der Waals surface area contributed by atoms with Gasteiger partial charge in [-0.05, 0) is 47.7 Å². The Bertz CT molecular complexity index is 1060. The van der Waals surface area contributed by atoms with Crippen LogP contribution in [0.1, 0.15) is 30.9 Å². The number of hydrogen-bond acceptors (Lipinski definition) is 4. The van der Waals surface area contributed by atoms with Crippen LogP contribution in [0.5, 0.6) is 5.75 Å². The van der Waals surface area contributed by atoms with Crippen LogP contribution in [-0.2, 0) is 22.6 Å². The number of nitrogens with zero attached hydrogens (tertiary/aromatic N) is 1. The maximum Gasteiger partial charge on any atom is 0.303 e. The Morgan fingerprint density at radius 1 is 1.03 bits per heavy atom. The Morgan fingerprint density at radius 2 is 1.72 bits per heavy atom. The van der Waals surface area contributed by atoms with Gasteiger partial charge in [0.2, 0.25) is 0 Å². The van der Waals surface area contributed by atoms with E-state index in [0.717, 1.165) is 23.1 Å². The lowest BCUT2D eigenvalue weighted by Gasteiger charge is -2.14. The van der Waals surface area contributed by atoms with Crippen molar-refractivity contribution in [3.8, 4) is 28.1 Å². The molecule has 0 aliphatic rings. The SMILES string of the molecule is CCCOCc1cnc(-c2cc(F)c(OC)c(F)c2)c(-c2ccc(CCC(=O)O)cc2)c1. The first kappa shape index (κ1) is 23.3. The van der Waals surface area contributed by atoms with E-state index in [2.05, 4.69) is 4.98 Å². The van der Waals surface area contributed by atoms with Crippen molar-refractivity contribution in [1.82, 2.24) is 4.98 Å². The van der Waals surface area contributed by atoms with Crippen LogP contribution in [-0.4, -0.2) is 29.8 Å². The predicted octanol–water partition coefficient (Wildman–Crippen LogP) is 5.65. The van der Waals surface area contributed by atoms with Crippen LogP contribution in [0.2, 0.25) is 0 Å². The molecule has 2 aromatic carbocycles. The molecule has 0 amide bonds. The number of pyridine rings is 1. The van der Waals surface area contributed by atoms with Crippen LogP contribution in [0.3, 0.4) is 0 Å². The van der Waals surface area contributed by atoms with E-state index in [0.29, 0.717) is 30.9 Å². The Kier molecular flexibility index (Phi) is 7.89. The van der Waals surface area contributed by atoms with E-state index in [9.17, 15) is 13.6 Å². The maximum atomic E-state index is 14.4. The third-order valence-electron chi connectivity index (χ3n) is 4.93. The van der Waals surface area contributed by atoms with E-state index in [1.165, 1.54) is 19.2 Å². The summed E-state index contributed by atoms with van der Waals surface area (Å²) in [4.78, 5) is 15.3. The zero-order valence-electron chi connectivity index (χ0n) is 18.0. The molecular weight excluding hydrogens is 416 g/mol. The Morgan fingerprint density at radius 3 is 2.31 bits per heavy atom. The summed E-state index contributed by atoms with van der Waals surface area (Å²) >= 11 is 0. The fourth-order valence-corrected chi connectivity index (χ4v) is 3.37. The molecule has 0 fully saturated rings. The van der Waals surface area contributed by atoms with Crippen LogP contribution >= 0.6 is 0 Å². The van der Waals surface area contributed by atoms with Crippen molar-refractivity contribution in [1.29, 1.82) is 0 Å². The number of benzene rings is 2. The number of rotatable bonds is 10. The van der Waals surface area contributed by atoms with E-state index in [1.54, 1.807) is 6.20 Å². The van der Waals surface area contributed by atoms with E-state index < -0.39 is 23.4 Å². The minimum atomic E-state index is -0.857. The van der Waals surface area contributed by atoms with Gasteiger partial charge in [0, 0.05) is 30.4 Å². The topological polar surface area (TPSA) is 68.7 Å². The molecule has 0 saturated carbocycles. The van der Waals surface area contributed by atoms with Gasteiger partial charge in [-0.25, -0.2) is 8.78 Å². The van der Waals surface area contributed by atoms with Crippen molar-refractivity contribution in [3.63, 3.8) is 0 Å². The summed E-state index contributed by atoms with van der Waals surface area (Å²) < 4.78 is 39.1. The molecule has 0 atom stereocenters. The average Bonchev–Trinajstić information content (AvgIpc) is 2.78. The molecule has 0 aliphatic heterocycles. The normalized spacial score (nSPS) is 10.9. The summed E-state index contributed by atoms with van der Waals surface area (Å²) in [6.07, 6.45) is 2.98. The molecule has 5 nitrogen and oxygen atoms in total. The Labute approximate surface area is 185 Å². The number of carbonyl (C=O) groups is 1. The molecule has 0 unspecified atom stereocenters. The van der Waals surface area contributed by atoms with Gasteiger partial charge >= 0.3 is 5.97 Å². The molecule has 1 heterocycles. The maximum absolute atomic E-state index is 14.4. The summed E-state index contributed by atoms with van der Waals surface area (Å²) in [6, 6.07) is 11.7. The molecule has 1 N–H and O–H groups in total. The first-order valence-electron chi connectivity index (χ1n) is 10.3. The van der Waals surface area contributed by atoms with Crippen LogP contribution < -0.4 is 4.74 Å². The molecule has 0 saturated heterocycles. The van der Waals surface area contributed by atoms with Crippen molar-refractivity contribution >= 4 is 5.97 Å². The first-order valence-corrected chi connectivity index (χ1v) is 10.3. The number of carboxylic acid groups (broad SMARTS) is 1. The second-order valence-electron chi connectivity index (χ2n) is 7.36. The first-order chi connectivity index (χ1) is 15.4. The minimum Gasteiger partial charge on any atom is -0.491 e. The second kappa shape index (κ2) is 10.8. The minimum absolute atomic E-state index is 0.0425. The highest BCUT2D eigenvalue weighted by atomic mass is 19.1. The molecule has 7 heteroatoms. The highest BCUT2D eigenvalue weighted by molar-refractivity contribution is 5.81. The highest BCUT2D eigenvalue weighted by Gasteiger charge is 2.17. The fourth-order valence-electron chi connectivity index (χ4n) is 3.37. The summed E-state index contributed by atoms with van der Waals surface area (Å²) in [5.41, 5.74) is 3.91. The van der Waals surface area contributed by atoms with Crippen LogP contribution in [0, 0.1) is 11.6 Å². The third-order valence-corrected chi connectivity index (χ3v) is 4.93. The summed E-state index contributed by atoms with van der Waals surface area (Å²) in [5.74, 6) is -2.92. The van der Waals surface area contributed by atoms with Gasteiger partial charge in [-0.15, -0.1) is 0 Å². The van der Waals surface area contributed by atoms with Crippen molar-refractivity contribution < 1.29 is 28.2 Å². The van der Waals surface area contributed by atoms with E-state index in [1.807, 2.05) is 37.3 Å². The number of aryl methyl sites for hydroxylation is 1. The second-order valence-corrected chi connectivity index (χ2v) is 7.36. The van der Waals surface area contributed by atoms with Gasteiger partial charge in [-0.3, -0.25) is 9.78 Å².